The van der Waals surface area contributed by atoms with E-state index in [-0.39, 0.29) is 10.7 Å². The van der Waals surface area contributed by atoms with Gasteiger partial charge in [-0.05, 0) is 41.8 Å². The molecule has 0 bridgehead atoms. The summed E-state index contributed by atoms with van der Waals surface area (Å²) in [5.74, 6) is -0.813. The second kappa shape index (κ2) is 8.27. The van der Waals surface area contributed by atoms with E-state index < -0.39 is 17.6 Å². The quantitative estimate of drug-likeness (QED) is 0.446. The third-order valence-corrected chi connectivity index (χ3v) is 5.48. The van der Waals surface area contributed by atoms with Crippen LogP contribution in [-0.2, 0) is 15.1 Å². The number of hydrogen-bond donors (Lipinski definition) is 2. The zero-order chi connectivity index (χ0) is 19.4. The lowest BCUT2D eigenvalue weighted by atomic mass is 9.86. The lowest BCUT2D eigenvalue weighted by molar-refractivity contribution is -0.165. The summed E-state index contributed by atoms with van der Waals surface area (Å²) in [5, 5.41) is 17.5. The van der Waals surface area contributed by atoms with E-state index in [1.807, 2.05) is 17.5 Å². The van der Waals surface area contributed by atoms with Gasteiger partial charge in [-0.25, -0.2) is 9.78 Å². The molecule has 27 heavy (non-hydrogen) atoms. The Morgan fingerprint density at radius 1 is 1.22 bits per heavy atom. The molecule has 2 atom stereocenters. The zero-order valence-electron chi connectivity index (χ0n) is 14.2. The van der Waals surface area contributed by atoms with E-state index in [9.17, 15) is 9.90 Å². The molecule has 0 unspecified atom stereocenters. The molecular formula is C19H16Cl2N2O3S. The molecule has 0 saturated carbocycles. The molecule has 0 saturated heterocycles. The maximum absolute atomic E-state index is 12.7. The number of aromatic nitrogens is 1. The number of esters is 1. The number of ether oxygens (including phenoxy) is 1. The number of nitrogens with one attached hydrogen (secondary N) is 1. The van der Waals surface area contributed by atoms with Crippen LogP contribution in [0.5, 0.6) is 0 Å². The van der Waals surface area contributed by atoms with Gasteiger partial charge in [0, 0.05) is 27.3 Å². The lowest BCUT2D eigenvalue weighted by Gasteiger charge is -2.34. The van der Waals surface area contributed by atoms with Crippen molar-refractivity contribution in [2.75, 3.05) is 12.4 Å². The minimum absolute atomic E-state index is 0.254. The van der Waals surface area contributed by atoms with Gasteiger partial charge < -0.3 is 15.2 Å². The number of nitrogens with zero attached hydrogens (tertiary/aromatic N) is 1. The van der Waals surface area contributed by atoms with Gasteiger partial charge in [-0.15, -0.1) is 11.3 Å². The highest BCUT2D eigenvalue weighted by atomic mass is 35.5. The monoisotopic (exact) mass is 422 g/mol. The molecule has 3 rings (SSSR count). The number of carbonyl (C=O) groups is 1. The molecule has 1 aromatic carbocycles. The van der Waals surface area contributed by atoms with E-state index >= 15 is 0 Å². The van der Waals surface area contributed by atoms with Crippen molar-refractivity contribution in [1.82, 2.24) is 4.98 Å². The second-order valence-corrected chi connectivity index (χ2v) is 7.53. The maximum atomic E-state index is 12.7. The minimum atomic E-state index is -2.03. The molecule has 0 fully saturated rings. The molecule has 0 aliphatic heterocycles. The number of aliphatic hydroxyl groups is 1. The van der Waals surface area contributed by atoms with Crippen LogP contribution < -0.4 is 5.32 Å². The van der Waals surface area contributed by atoms with Crippen molar-refractivity contribution in [3.05, 3.63) is 80.7 Å². The third kappa shape index (κ3) is 4.09. The van der Waals surface area contributed by atoms with E-state index in [4.69, 9.17) is 27.9 Å². The molecular weight excluding hydrogens is 407 g/mol. The van der Waals surface area contributed by atoms with E-state index in [1.54, 1.807) is 30.3 Å². The average molecular weight is 423 g/mol. The number of thiophene rings is 1. The highest BCUT2D eigenvalue weighted by molar-refractivity contribution is 7.10. The summed E-state index contributed by atoms with van der Waals surface area (Å²) in [6.07, 6.45) is 1.36. The number of halogens is 2. The van der Waals surface area contributed by atoms with Crippen molar-refractivity contribution in [2.45, 2.75) is 11.6 Å². The summed E-state index contributed by atoms with van der Waals surface area (Å²) in [5.41, 5.74) is -1.09. The molecule has 0 aliphatic carbocycles. The van der Waals surface area contributed by atoms with Gasteiger partial charge in [-0.2, -0.15) is 0 Å². The van der Waals surface area contributed by atoms with Crippen molar-refractivity contribution < 1.29 is 14.6 Å². The summed E-state index contributed by atoms with van der Waals surface area (Å²) in [6.45, 7) is 0. The summed E-state index contributed by atoms with van der Waals surface area (Å²) in [6, 6.07) is 12.9. The highest BCUT2D eigenvalue weighted by Gasteiger charge is 2.48. The van der Waals surface area contributed by atoms with Gasteiger partial charge in [0.2, 0.25) is 5.60 Å². The van der Waals surface area contributed by atoms with Crippen LogP contribution in [0.25, 0.3) is 0 Å². The standard InChI is InChI=1S/C19H16Cl2N2O3S/c1-26-18(24)19(25,12-4-9-16(21)22-11-12)17(15-3-2-10-27-15)23-14-7-5-13(20)6-8-14/h2-11,17,23,25H,1H3/t17-,19-/m0/s1. The molecule has 140 valence electrons. The fourth-order valence-electron chi connectivity index (χ4n) is 2.71. The Balaban J connectivity index is 2.11. The van der Waals surface area contributed by atoms with Gasteiger partial charge >= 0.3 is 5.97 Å². The first-order valence-electron chi connectivity index (χ1n) is 7.93. The maximum Gasteiger partial charge on any atom is 0.345 e. The fraction of sp³-hybridized carbons (Fsp3) is 0.158. The van der Waals surface area contributed by atoms with Crippen molar-refractivity contribution in [3.63, 3.8) is 0 Å². The Kier molecular flexibility index (Phi) is 6.01. The average Bonchev–Trinajstić information content (AvgIpc) is 3.21. The number of rotatable bonds is 6. The fourth-order valence-corrected chi connectivity index (χ4v) is 3.78. The van der Waals surface area contributed by atoms with E-state index in [2.05, 4.69) is 10.3 Å². The van der Waals surface area contributed by atoms with Crippen LogP contribution in [0.1, 0.15) is 16.5 Å². The first-order chi connectivity index (χ1) is 12.9. The van der Waals surface area contributed by atoms with Crippen molar-refractivity contribution >= 4 is 46.2 Å². The Labute approximate surface area is 170 Å². The van der Waals surface area contributed by atoms with Gasteiger partial charge in [0.1, 0.15) is 11.2 Å². The van der Waals surface area contributed by atoms with Gasteiger partial charge in [0.05, 0.1) is 7.11 Å². The van der Waals surface area contributed by atoms with Crippen LogP contribution in [0.4, 0.5) is 5.69 Å². The largest absolute Gasteiger partial charge is 0.467 e. The summed E-state index contributed by atoms with van der Waals surface area (Å²) < 4.78 is 4.93. The first kappa shape index (κ1) is 19.6. The molecule has 0 amide bonds. The predicted octanol–water partition coefficient (Wildman–Crippen LogP) is 4.66. The molecule has 0 radical (unpaired) electrons. The molecule has 8 heteroatoms. The number of methoxy groups -OCH3 is 1. The topological polar surface area (TPSA) is 71.5 Å². The number of benzene rings is 1. The highest BCUT2D eigenvalue weighted by Crippen LogP contribution is 2.40. The summed E-state index contributed by atoms with van der Waals surface area (Å²) in [4.78, 5) is 17.5. The first-order valence-corrected chi connectivity index (χ1v) is 9.57. The summed E-state index contributed by atoms with van der Waals surface area (Å²) >= 11 is 13.2. The van der Waals surface area contributed by atoms with Crippen molar-refractivity contribution in [2.24, 2.45) is 0 Å². The van der Waals surface area contributed by atoms with Gasteiger partial charge in [0.15, 0.2) is 0 Å². The Morgan fingerprint density at radius 3 is 2.52 bits per heavy atom. The number of pyridine rings is 1. The molecule has 2 heterocycles. The normalized spacial score (nSPS) is 14.2. The van der Waals surface area contributed by atoms with E-state index in [0.717, 1.165) is 4.88 Å². The molecule has 3 aromatic rings. The third-order valence-electron chi connectivity index (χ3n) is 4.06. The SMILES string of the molecule is COC(=O)[C@](O)(c1ccc(Cl)nc1)[C@@H](Nc1ccc(Cl)cc1)c1cccs1. The number of anilines is 1. The Morgan fingerprint density at radius 2 is 1.96 bits per heavy atom. The number of carbonyl (C=O) groups excluding carboxylic acids is 1. The smallest absolute Gasteiger partial charge is 0.345 e. The molecule has 0 spiro atoms. The van der Waals surface area contributed by atoms with E-state index in [0.29, 0.717) is 10.7 Å². The minimum Gasteiger partial charge on any atom is -0.467 e. The molecule has 2 aromatic heterocycles. The summed E-state index contributed by atoms with van der Waals surface area (Å²) in [7, 11) is 1.23. The predicted molar refractivity (Wildman–Crippen MR) is 107 cm³/mol. The van der Waals surface area contributed by atoms with Crippen LogP contribution in [0.3, 0.4) is 0 Å². The Hall–Kier alpha value is -2.12. The second-order valence-electron chi connectivity index (χ2n) is 5.73. The van der Waals surface area contributed by atoms with Crippen LogP contribution in [0.15, 0.2) is 60.1 Å². The molecule has 5 nitrogen and oxygen atoms in total. The van der Waals surface area contributed by atoms with Gasteiger partial charge in [-0.3, -0.25) is 0 Å². The lowest BCUT2D eigenvalue weighted by Crippen LogP contribution is -2.45. The van der Waals surface area contributed by atoms with Gasteiger partial charge in [0.25, 0.3) is 0 Å². The van der Waals surface area contributed by atoms with E-state index in [1.165, 1.54) is 30.7 Å². The van der Waals surface area contributed by atoms with Crippen molar-refractivity contribution in [3.8, 4) is 0 Å². The van der Waals surface area contributed by atoms with Gasteiger partial charge in [-0.1, -0.05) is 35.3 Å². The van der Waals surface area contributed by atoms with Crippen LogP contribution in [0, 0.1) is 0 Å². The van der Waals surface area contributed by atoms with Crippen molar-refractivity contribution in [1.29, 1.82) is 0 Å². The van der Waals surface area contributed by atoms with Crippen LogP contribution in [0.2, 0.25) is 10.2 Å². The van der Waals surface area contributed by atoms with Crippen LogP contribution in [-0.4, -0.2) is 23.2 Å². The molecule has 0 aliphatic rings. The van der Waals surface area contributed by atoms with Crippen LogP contribution >= 0.6 is 34.5 Å². The Bertz CT molecular complexity index is 902. The number of hydrogen-bond acceptors (Lipinski definition) is 6. The molecule has 2 N–H and O–H groups in total. The zero-order valence-corrected chi connectivity index (χ0v) is 16.6.